The molecular formula is C21H34N2O3. The molecule has 0 spiro atoms. The predicted octanol–water partition coefficient (Wildman–Crippen LogP) is 3.32. The highest BCUT2D eigenvalue weighted by Crippen LogP contribution is 2.49. The van der Waals surface area contributed by atoms with Gasteiger partial charge in [0.1, 0.15) is 16.9 Å². The van der Waals surface area contributed by atoms with E-state index in [1.807, 2.05) is 66.7 Å². The molecule has 1 amide bonds. The summed E-state index contributed by atoms with van der Waals surface area (Å²) in [5, 5.41) is 3.01. The van der Waals surface area contributed by atoms with Crippen LogP contribution in [0.3, 0.4) is 0 Å². The molecule has 5 nitrogen and oxygen atoms in total. The van der Waals surface area contributed by atoms with E-state index in [0.717, 1.165) is 16.9 Å². The van der Waals surface area contributed by atoms with Crippen molar-refractivity contribution in [2.75, 3.05) is 6.61 Å². The third-order valence-corrected chi connectivity index (χ3v) is 5.31. The molecule has 1 aromatic carbocycles. The molecule has 146 valence electrons. The van der Waals surface area contributed by atoms with Crippen LogP contribution in [0.1, 0.15) is 59.1 Å². The lowest BCUT2D eigenvalue weighted by atomic mass is 9.54. The number of nitrogens with one attached hydrogen (secondary N) is 1. The van der Waals surface area contributed by atoms with Crippen LogP contribution in [0, 0.1) is 12.3 Å². The number of benzene rings is 1. The molecule has 3 N–H and O–H groups in total. The van der Waals surface area contributed by atoms with Gasteiger partial charge in [-0.15, -0.1) is 0 Å². The minimum atomic E-state index is -0.914. The predicted molar refractivity (Wildman–Crippen MR) is 104 cm³/mol. The second kappa shape index (κ2) is 7.20. The van der Waals surface area contributed by atoms with Crippen LogP contribution < -0.4 is 15.8 Å². The molecule has 2 unspecified atom stereocenters. The number of rotatable bonds is 6. The van der Waals surface area contributed by atoms with E-state index in [2.05, 4.69) is 5.32 Å². The topological polar surface area (TPSA) is 73.6 Å². The SMILES string of the molecule is CCOC1CC(N)(C(=O)NCc2ccc(C)cc2OC(C)(C)C)C1(C)C. The minimum Gasteiger partial charge on any atom is -0.488 e. The summed E-state index contributed by atoms with van der Waals surface area (Å²) in [6.07, 6.45) is 0.557. The molecule has 2 atom stereocenters. The quantitative estimate of drug-likeness (QED) is 0.814. The maximum absolute atomic E-state index is 12.8. The zero-order valence-corrected chi connectivity index (χ0v) is 17.2. The molecule has 1 aliphatic carbocycles. The van der Waals surface area contributed by atoms with Gasteiger partial charge in [-0.1, -0.05) is 26.0 Å². The number of carbonyl (C=O) groups is 1. The summed E-state index contributed by atoms with van der Waals surface area (Å²) in [5.41, 5.74) is 6.90. The van der Waals surface area contributed by atoms with E-state index >= 15 is 0 Å². The fraction of sp³-hybridized carbons (Fsp3) is 0.667. The smallest absolute Gasteiger partial charge is 0.241 e. The number of nitrogens with two attached hydrogens (primary N) is 1. The summed E-state index contributed by atoms with van der Waals surface area (Å²) in [6.45, 7) is 15.0. The highest BCUT2D eigenvalue weighted by molar-refractivity contribution is 5.88. The van der Waals surface area contributed by atoms with Crippen molar-refractivity contribution in [3.05, 3.63) is 29.3 Å². The third kappa shape index (κ3) is 4.04. The lowest BCUT2D eigenvalue weighted by molar-refractivity contribution is -0.170. The van der Waals surface area contributed by atoms with Crippen molar-refractivity contribution in [3.63, 3.8) is 0 Å². The minimum absolute atomic E-state index is 0.0161. The van der Waals surface area contributed by atoms with E-state index < -0.39 is 11.0 Å². The maximum atomic E-state index is 12.8. The molecule has 1 fully saturated rings. The first-order chi connectivity index (χ1) is 11.9. The van der Waals surface area contributed by atoms with Gasteiger partial charge in [-0.25, -0.2) is 0 Å². The molecule has 5 heteroatoms. The van der Waals surface area contributed by atoms with Crippen molar-refractivity contribution in [2.45, 2.75) is 78.7 Å². The van der Waals surface area contributed by atoms with Gasteiger partial charge >= 0.3 is 0 Å². The summed E-state index contributed by atoms with van der Waals surface area (Å²) >= 11 is 0. The lowest BCUT2D eigenvalue weighted by Gasteiger charge is -2.57. The molecule has 0 heterocycles. The number of hydrogen-bond donors (Lipinski definition) is 2. The second-order valence-corrected chi connectivity index (χ2v) is 8.85. The normalized spacial score (nSPS) is 24.7. The van der Waals surface area contributed by atoms with Crippen LogP contribution in [0.25, 0.3) is 0 Å². The van der Waals surface area contributed by atoms with Gasteiger partial charge in [0.05, 0.1) is 6.10 Å². The standard InChI is InChI=1S/C21H34N2O3/c1-8-25-17-12-21(22,20(17,6)7)18(24)23-13-15-10-9-14(2)11-16(15)26-19(3,4)5/h9-11,17H,8,12-13,22H2,1-7H3,(H,23,24). The van der Waals surface area contributed by atoms with Gasteiger partial charge in [0.2, 0.25) is 5.91 Å². The van der Waals surface area contributed by atoms with Crippen LogP contribution in [-0.4, -0.2) is 29.8 Å². The first-order valence-electron chi connectivity index (χ1n) is 9.38. The largest absolute Gasteiger partial charge is 0.488 e. The van der Waals surface area contributed by atoms with Crippen molar-refractivity contribution >= 4 is 5.91 Å². The molecule has 1 aromatic rings. The van der Waals surface area contributed by atoms with Crippen molar-refractivity contribution < 1.29 is 14.3 Å². The summed E-state index contributed by atoms with van der Waals surface area (Å²) in [4.78, 5) is 12.8. The Bertz CT molecular complexity index is 664. The highest BCUT2D eigenvalue weighted by Gasteiger charge is 2.62. The van der Waals surface area contributed by atoms with Crippen molar-refractivity contribution in [1.82, 2.24) is 5.32 Å². The molecule has 2 rings (SSSR count). The highest BCUT2D eigenvalue weighted by atomic mass is 16.5. The van der Waals surface area contributed by atoms with Gasteiger partial charge in [-0.2, -0.15) is 0 Å². The molecule has 0 aliphatic heterocycles. The Morgan fingerprint density at radius 3 is 2.54 bits per heavy atom. The molecular weight excluding hydrogens is 328 g/mol. The first kappa shape index (κ1) is 20.7. The van der Waals surface area contributed by atoms with Crippen LogP contribution in [0.5, 0.6) is 5.75 Å². The molecule has 1 saturated carbocycles. The van der Waals surface area contributed by atoms with Gasteiger partial charge in [0.25, 0.3) is 0 Å². The molecule has 0 radical (unpaired) electrons. The van der Waals surface area contributed by atoms with Crippen LogP contribution in [0.2, 0.25) is 0 Å². The molecule has 0 bridgehead atoms. The van der Waals surface area contributed by atoms with Gasteiger partial charge in [0, 0.05) is 30.6 Å². The number of aryl methyl sites for hydroxylation is 1. The molecule has 0 aromatic heterocycles. The van der Waals surface area contributed by atoms with E-state index in [1.165, 1.54) is 0 Å². The summed E-state index contributed by atoms with van der Waals surface area (Å²) < 4.78 is 11.8. The van der Waals surface area contributed by atoms with Crippen LogP contribution in [0.4, 0.5) is 0 Å². The molecule has 1 aliphatic rings. The van der Waals surface area contributed by atoms with E-state index in [0.29, 0.717) is 19.6 Å². The van der Waals surface area contributed by atoms with Crippen molar-refractivity contribution in [3.8, 4) is 5.75 Å². The number of hydrogen-bond acceptors (Lipinski definition) is 4. The zero-order valence-electron chi connectivity index (χ0n) is 17.2. The maximum Gasteiger partial charge on any atom is 0.241 e. The number of amides is 1. The Morgan fingerprint density at radius 2 is 2.00 bits per heavy atom. The summed E-state index contributed by atoms with van der Waals surface area (Å²) in [5.74, 6) is 0.657. The van der Waals surface area contributed by atoms with Gasteiger partial charge in [-0.05, 0) is 46.2 Å². The van der Waals surface area contributed by atoms with Gasteiger partial charge < -0.3 is 20.5 Å². The molecule has 26 heavy (non-hydrogen) atoms. The monoisotopic (exact) mass is 362 g/mol. The van der Waals surface area contributed by atoms with Gasteiger partial charge in [-0.3, -0.25) is 4.79 Å². The Labute approximate surface area is 157 Å². The second-order valence-electron chi connectivity index (χ2n) is 8.85. The average molecular weight is 363 g/mol. The van der Waals surface area contributed by atoms with E-state index in [9.17, 15) is 4.79 Å². The van der Waals surface area contributed by atoms with Crippen LogP contribution in [-0.2, 0) is 16.1 Å². The Balaban J connectivity index is 2.09. The van der Waals surface area contributed by atoms with E-state index in [1.54, 1.807) is 0 Å². The third-order valence-electron chi connectivity index (χ3n) is 5.31. The van der Waals surface area contributed by atoms with Crippen molar-refractivity contribution in [2.24, 2.45) is 11.1 Å². The Morgan fingerprint density at radius 1 is 1.35 bits per heavy atom. The Hall–Kier alpha value is -1.59. The fourth-order valence-electron chi connectivity index (χ4n) is 3.39. The zero-order chi connectivity index (χ0) is 19.8. The summed E-state index contributed by atoms with van der Waals surface area (Å²) in [7, 11) is 0. The van der Waals surface area contributed by atoms with Crippen molar-refractivity contribution in [1.29, 1.82) is 0 Å². The van der Waals surface area contributed by atoms with Crippen LogP contribution in [0.15, 0.2) is 18.2 Å². The van der Waals surface area contributed by atoms with Gasteiger partial charge in [0.15, 0.2) is 0 Å². The summed E-state index contributed by atoms with van der Waals surface area (Å²) in [6, 6.07) is 6.02. The fourth-order valence-corrected chi connectivity index (χ4v) is 3.39. The average Bonchev–Trinajstić information content (AvgIpc) is 2.51. The number of carbonyl (C=O) groups excluding carboxylic acids is 1. The number of ether oxygens (including phenoxy) is 2. The lowest BCUT2D eigenvalue weighted by Crippen LogP contribution is -2.75. The van der Waals surface area contributed by atoms with Crippen LogP contribution >= 0.6 is 0 Å². The van der Waals surface area contributed by atoms with E-state index in [4.69, 9.17) is 15.2 Å². The van der Waals surface area contributed by atoms with E-state index in [-0.39, 0.29) is 17.6 Å². The molecule has 0 saturated heterocycles. The Kier molecular flexibility index (Phi) is 5.74. The first-order valence-corrected chi connectivity index (χ1v) is 9.38.